The van der Waals surface area contributed by atoms with E-state index < -0.39 is 0 Å². The minimum Gasteiger partial charge on any atom is -0.371 e. The smallest absolute Gasteiger partial charge is 0.0366 e. The van der Waals surface area contributed by atoms with Crippen LogP contribution >= 0.6 is 0 Å². The van der Waals surface area contributed by atoms with E-state index in [9.17, 15) is 0 Å². The van der Waals surface area contributed by atoms with Gasteiger partial charge in [0.25, 0.3) is 0 Å². The molecule has 1 aromatic carbocycles. The highest BCUT2D eigenvalue weighted by atomic mass is 15.2. The first-order valence-electron chi connectivity index (χ1n) is 10.2. The molecule has 0 N–H and O–H groups in total. The van der Waals surface area contributed by atoms with Gasteiger partial charge in [0.1, 0.15) is 0 Å². The zero-order valence-electron chi connectivity index (χ0n) is 17.3. The third kappa shape index (κ3) is 4.39. The second kappa shape index (κ2) is 6.95. The van der Waals surface area contributed by atoms with Crippen molar-refractivity contribution >= 4 is 5.69 Å². The van der Waals surface area contributed by atoms with E-state index in [1.165, 1.54) is 56.7 Å². The van der Waals surface area contributed by atoms with Crippen molar-refractivity contribution < 1.29 is 0 Å². The van der Waals surface area contributed by atoms with Crippen LogP contribution in [-0.4, -0.2) is 37.1 Å². The SMILES string of the molecule is CC(C)(C)c1ccc(N2CCC(N3CCC(C(C)(C)C)C3)CC2)cc1. The monoisotopic (exact) mass is 342 g/mol. The first-order chi connectivity index (χ1) is 11.6. The van der Waals surface area contributed by atoms with Crippen LogP contribution in [0.25, 0.3) is 0 Å². The van der Waals surface area contributed by atoms with Crippen molar-refractivity contribution in [3.8, 4) is 0 Å². The van der Waals surface area contributed by atoms with E-state index >= 15 is 0 Å². The lowest BCUT2D eigenvalue weighted by Gasteiger charge is -2.38. The van der Waals surface area contributed by atoms with Gasteiger partial charge in [0.15, 0.2) is 0 Å². The number of hydrogen-bond acceptors (Lipinski definition) is 2. The Kier molecular flexibility index (Phi) is 5.21. The van der Waals surface area contributed by atoms with E-state index in [0.29, 0.717) is 5.41 Å². The Bertz CT molecular complexity index is 553. The van der Waals surface area contributed by atoms with Crippen LogP contribution in [0, 0.1) is 11.3 Å². The summed E-state index contributed by atoms with van der Waals surface area (Å²) in [6, 6.07) is 10.1. The number of hydrogen-bond donors (Lipinski definition) is 0. The normalized spacial score (nSPS) is 24.1. The molecule has 1 aromatic rings. The van der Waals surface area contributed by atoms with Crippen LogP contribution in [0.4, 0.5) is 5.69 Å². The fourth-order valence-electron chi connectivity index (χ4n) is 4.49. The molecule has 2 nitrogen and oxygen atoms in total. The summed E-state index contributed by atoms with van der Waals surface area (Å²) in [5.41, 5.74) is 3.53. The standard InChI is InChI=1S/C23H38N2/c1-22(2,3)18-7-9-20(10-8-18)24-15-12-21(13-16-24)25-14-11-19(17-25)23(4,5)6/h7-10,19,21H,11-17H2,1-6H3. The molecule has 3 rings (SSSR count). The highest BCUT2D eigenvalue weighted by Gasteiger charge is 2.35. The minimum atomic E-state index is 0.241. The van der Waals surface area contributed by atoms with Crippen LogP contribution in [0.5, 0.6) is 0 Å². The average Bonchev–Trinajstić information content (AvgIpc) is 3.05. The Morgan fingerprint density at radius 2 is 1.40 bits per heavy atom. The lowest BCUT2D eigenvalue weighted by Crippen LogP contribution is -2.44. The zero-order chi connectivity index (χ0) is 18.2. The molecule has 0 aromatic heterocycles. The van der Waals surface area contributed by atoms with Crippen molar-refractivity contribution in [3.05, 3.63) is 29.8 Å². The third-order valence-electron chi connectivity index (χ3n) is 6.52. The van der Waals surface area contributed by atoms with E-state index in [1.807, 2.05) is 0 Å². The molecule has 0 radical (unpaired) electrons. The van der Waals surface area contributed by atoms with Gasteiger partial charge in [0.05, 0.1) is 0 Å². The van der Waals surface area contributed by atoms with Gasteiger partial charge < -0.3 is 4.90 Å². The predicted octanol–water partition coefficient (Wildman–Crippen LogP) is 5.32. The highest BCUT2D eigenvalue weighted by Crippen LogP contribution is 2.36. The van der Waals surface area contributed by atoms with Gasteiger partial charge in [-0.1, -0.05) is 53.7 Å². The Morgan fingerprint density at radius 1 is 0.800 bits per heavy atom. The Hall–Kier alpha value is -1.02. The molecule has 25 heavy (non-hydrogen) atoms. The lowest BCUT2D eigenvalue weighted by molar-refractivity contribution is 0.174. The van der Waals surface area contributed by atoms with E-state index in [-0.39, 0.29) is 5.41 Å². The molecule has 140 valence electrons. The van der Waals surface area contributed by atoms with Crippen molar-refractivity contribution in [1.29, 1.82) is 0 Å². The summed E-state index contributed by atoms with van der Waals surface area (Å²) in [7, 11) is 0. The fourth-order valence-corrected chi connectivity index (χ4v) is 4.49. The zero-order valence-corrected chi connectivity index (χ0v) is 17.3. The maximum Gasteiger partial charge on any atom is 0.0366 e. The van der Waals surface area contributed by atoms with E-state index in [2.05, 4.69) is 75.6 Å². The van der Waals surface area contributed by atoms with Gasteiger partial charge in [-0.3, -0.25) is 4.90 Å². The Balaban J connectivity index is 1.54. The first kappa shape index (κ1) is 18.8. The topological polar surface area (TPSA) is 6.48 Å². The number of rotatable bonds is 2. The number of likely N-dealkylation sites (tertiary alicyclic amines) is 1. The van der Waals surface area contributed by atoms with E-state index in [1.54, 1.807) is 0 Å². The Labute approximate surface area is 155 Å². The summed E-state index contributed by atoms with van der Waals surface area (Å²) in [5, 5.41) is 0. The van der Waals surface area contributed by atoms with Gasteiger partial charge in [-0.25, -0.2) is 0 Å². The number of nitrogens with zero attached hydrogens (tertiary/aromatic N) is 2. The summed E-state index contributed by atoms with van der Waals surface area (Å²) >= 11 is 0. The predicted molar refractivity (Wildman–Crippen MR) is 110 cm³/mol. The van der Waals surface area contributed by atoms with Crippen LogP contribution in [-0.2, 0) is 5.41 Å². The summed E-state index contributed by atoms with van der Waals surface area (Å²) in [6.07, 6.45) is 4.02. The van der Waals surface area contributed by atoms with Crippen LogP contribution in [0.1, 0.15) is 66.4 Å². The van der Waals surface area contributed by atoms with Gasteiger partial charge in [-0.15, -0.1) is 0 Å². The second-order valence-corrected chi connectivity index (χ2v) is 10.4. The van der Waals surface area contributed by atoms with Crippen molar-refractivity contribution in [3.63, 3.8) is 0 Å². The molecule has 1 unspecified atom stereocenters. The molecule has 0 spiro atoms. The maximum absolute atomic E-state index is 2.79. The van der Waals surface area contributed by atoms with Gasteiger partial charge in [0, 0.05) is 31.4 Å². The van der Waals surface area contributed by atoms with Crippen LogP contribution in [0.15, 0.2) is 24.3 Å². The van der Waals surface area contributed by atoms with Gasteiger partial charge in [-0.2, -0.15) is 0 Å². The van der Waals surface area contributed by atoms with Crippen LogP contribution in [0.2, 0.25) is 0 Å². The van der Waals surface area contributed by atoms with Crippen LogP contribution < -0.4 is 4.90 Å². The summed E-state index contributed by atoms with van der Waals surface area (Å²) in [6.45, 7) is 19.1. The molecule has 2 heteroatoms. The molecule has 0 saturated carbocycles. The van der Waals surface area contributed by atoms with Crippen molar-refractivity contribution in [2.75, 3.05) is 31.1 Å². The molecule has 1 atom stereocenters. The van der Waals surface area contributed by atoms with Gasteiger partial charge >= 0.3 is 0 Å². The van der Waals surface area contributed by atoms with E-state index in [4.69, 9.17) is 0 Å². The van der Waals surface area contributed by atoms with Gasteiger partial charge in [0.2, 0.25) is 0 Å². The van der Waals surface area contributed by atoms with Crippen molar-refractivity contribution in [2.24, 2.45) is 11.3 Å². The molecule has 0 aliphatic carbocycles. The molecule has 0 bridgehead atoms. The number of benzene rings is 1. The molecular weight excluding hydrogens is 304 g/mol. The number of anilines is 1. The third-order valence-corrected chi connectivity index (χ3v) is 6.52. The molecule has 2 fully saturated rings. The lowest BCUT2D eigenvalue weighted by atomic mass is 9.80. The quantitative estimate of drug-likeness (QED) is 0.717. The van der Waals surface area contributed by atoms with Crippen molar-refractivity contribution in [1.82, 2.24) is 4.90 Å². The van der Waals surface area contributed by atoms with Crippen molar-refractivity contribution in [2.45, 2.75) is 72.3 Å². The fraction of sp³-hybridized carbons (Fsp3) is 0.739. The molecular formula is C23H38N2. The van der Waals surface area contributed by atoms with Gasteiger partial charge in [-0.05, 0) is 60.3 Å². The molecule has 2 aliphatic heterocycles. The molecule has 2 heterocycles. The highest BCUT2D eigenvalue weighted by molar-refractivity contribution is 5.49. The minimum absolute atomic E-state index is 0.241. The molecule has 2 aliphatic rings. The molecule has 2 saturated heterocycles. The van der Waals surface area contributed by atoms with E-state index in [0.717, 1.165) is 12.0 Å². The second-order valence-electron chi connectivity index (χ2n) is 10.4. The summed E-state index contributed by atoms with van der Waals surface area (Å²) < 4.78 is 0. The Morgan fingerprint density at radius 3 is 1.88 bits per heavy atom. The maximum atomic E-state index is 2.79. The first-order valence-corrected chi connectivity index (χ1v) is 10.2. The number of piperidine rings is 1. The average molecular weight is 343 g/mol. The summed E-state index contributed by atoms with van der Waals surface area (Å²) in [4.78, 5) is 5.37. The molecule has 0 amide bonds. The largest absolute Gasteiger partial charge is 0.371 e. The summed E-state index contributed by atoms with van der Waals surface area (Å²) in [5.74, 6) is 0.871. The van der Waals surface area contributed by atoms with Crippen LogP contribution in [0.3, 0.4) is 0 Å².